The third kappa shape index (κ3) is 9.42. The van der Waals surface area contributed by atoms with Gasteiger partial charge >= 0.3 is 108 Å². The standard InChI is InChI=1S/C24H17Cl2N3O9S2.Ba.2Na/c1-38-18-5-3-2-4-16(18)28-29-22-20(40(35,36)37)11-14-19(39(32,33)34)9-8-17(21(14)23(22)30)27-24(31)13-7-6-12(25)10-15(13)26;;;/h2-11,30H,1H3,(H,27,31)(H,32,33,34)(H,35,36,37);;;/q;+2;2*+1/p-4. The summed E-state index contributed by atoms with van der Waals surface area (Å²) in [7, 11) is -9.47. The molecule has 0 aliphatic rings. The molecule has 0 unspecified atom stereocenters. The zero-order chi connectivity index (χ0) is 29.4. The Morgan fingerprint density at radius 1 is 0.837 bits per heavy atom. The van der Waals surface area contributed by atoms with E-state index in [4.69, 9.17) is 27.9 Å². The zero-order valence-corrected chi connectivity index (χ0v) is 34.2. The summed E-state index contributed by atoms with van der Waals surface area (Å²) < 4.78 is 77.3. The second-order valence-electron chi connectivity index (χ2n) is 7.88. The Hall–Kier alpha value is -0.219. The predicted octanol–water partition coefficient (Wildman–Crippen LogP) is -2.48. The van der Waals surface area contributed by atoms with Gasteiger partial charge in [-0.15, -0.1) is 10.2 Å². The fourth-order valence-corrected chi connectivity index (χ4v) is 5.43. The average Bonchev–Trinajstić information content (AvgIpc) is 2.86. The molecule has 0 aliphatic carbocycles. The van der Waals surface area contributed by atoms with Crippen molar-refractivity contribution in [3.8, 4) is 11.5 Å². The van der Waals surface area contributed by atoms with Gasteiger partial charge < -0.3 is 24.1 Å². The van der Waals surface area contributed by atoms with Gasteiger partial charge in [-0.2, -0.15) is 0 Å². The van der Waals surface area contributed by atoms with Crippen LogP contribution in [0.5, 0.6) is 11.5 Å². The van der Waals surface area contributed by atoms with Crippen LogP contribution in [0.2, 0.25) is 10.0 Å². The van der Waals surface area contributed by atoms with E-state index in [-0.39, 0.29) is 135 Å². The average molecular weight is 806 g/mol. The first-order chi connectivity index (χ1) is 18.7. The number of nitrogens with zero attached hydrogens (tertiary/aromatic N) is 3. The monoisotopic (exact) mass is 805 g/mol. The van der Waals surface area contributed by atoms with Gasteiger partial charge in [0, 0.05) is 21.4 Å². The van der Waals surface area contributed by atoms with E-state index in [1.54, 1.807) is 6.07 Å². The van der Waals surface area contributed by atoms with Crippen LogP contribution in [0.25, 0.3) is 10.8 Å². The van der Waals surface area contributed by atoms with Crippen LogP contribution in [0.4, 0.5) is 17.1 Å². The third-order valence-corrected chi connectivity index (χ3v) is 7.69. The normalized spacial score (nSPS) is 11.9. The summed E-state index contributed by atoms with van der Waals surface area (Å²) in [5.74, 6) is -2.14. The second kappa shape index (κ2) is 16.6. The van der Waals surface area contributed by atoms with Crippen molar-refractivity contribution in [2.24, 2.45) is 15.2 Å². The third-order valence-electron chi connectivity index (χ3n) is 5.40. The number of rotatable bonds is 7. The van der Waals surface area contributed by atoms with Gasteiger partial charge in [-0.25, -0.2) is 16.8 Å². The number of halogens is 2. The van der Waals surface area contributed by atoms with Gasteiger partial charge in [0.2, 0.25) is 0 Å². The Morgan fingerprint density at radius 3 is 2.05 bits per heavy atom. The van der Waals surface area contributed by atoms with E-state index < -0.39 is 63.8 Å². The van der Waals surface area contributed by atoms with Crippen molar-refractivity contribution in [2.75, 3.05) is 7.11 Å². The molecule has 0 saturated heterocycles. The van der Waals surface area contributed by atoms with Gasteiger partial charge in [-0.1, -0.05) is 47.2 Å². The largest absolute Gasteiger partial charge is 2.00 e. The summed E-state index contributed by atoms with van der Waals surface area (Å²) in [4.78, 5) is 1.54. The molecule has 12 nitrogen and oxygen atoms in total. The molecule has 0 N–H and O–H groups in total. The maximum absolute atomic E-state index is 13.6. The van der Waals surface area contributed by atoms with Crippen LogP contribution in [0.3, 0.4) is 0 Å². The van der Waals surface area contributed by atoms with Gasteiger partial charge in [0.05, 0.1) is 33.3 Å². The van der Waals surface area contributed by atoms with Crippen molar-refractivity contribution in [3.05, 3.63) is 76.3 Å². The van der Waals surface area contributed by atoms with Crippen LogP contribution >= 0.6 is 23.2 Å². The van der Waals surface area contributed by atoms with Crippen molar-refractivity contribution >= 4 is 126 Å². The second-order valence-corrected chi connectivity index (χ2v) is 11.4. The smallest absolute Gasteiger partial charge is 0.870 e. The number of aliphatic imine (C=N–C) groups is 1. The van der Waals surface area contributed by atoms with E-state index in [9.17, 15) is 36.2 Å². The summed E-state index contributed by atoms with van der Waals surface area (Å²) in [5, 5.41) is 32.7. The fraction of sp³-hybridized carbons (Fsp3) is 0.0417. The van der Waals surface area contributed by atoms with Crippen molar-refractivity contribution in [3.63, 3.8) is 0 Å². The molecule has 0 radical (unpaired) electrons. The van der Waals surface area contributed by atoms with E-state index >= 15 is 0 Å². The minimum atomic E-state index is -5.48. The summed E-state index contributed by atoms with van der Waals surface area (Å²) in [5.41, 5.74) is -1.57. The maximum atomic E-state index is 13.6. The van der Waals surface area contributed by atoms with Crippen molar-refractivity contribution in [2.45, 2.75) is 9.79 Å². The van der Waals surface area contributed by atoms with Crippen LogP contribution in [0.1, 0.15) is 5.56 Å². The van der Waals surface area contributed by atoms with Crippen molar-refractivity contribution < 1.29 is 100 Å². The number of azo groups is 1. The van der Waals surface area contributed by atoms with Gasteiger partial charge in [-0.3, -0.25) is 4.99 Å². The SMILES string of the molecule is COc1ccccc1N=Nc1c(S(=O)(=O)[O-])cc2c(S(=O)(=O)[O-])ccc(N=C([O-])c3ccc(Cl)cc3Cl)c2c1[O-].[Ba+2].[Na+].[Na+]. The number of para-hydroxylation sites is 1. The molecule has 43 heavy (non-hydrogen) atoms. The molecule has 0 aromatic heterocycles. The molecule has 4 rings (SSSR count). The molecule has 4 aromatic rings. The number of benzene rings is 4. The number of hydrogen-bond acceptors (Lipinski definition) is 12. The molecule has 0 heterocycles. The first kappa shape index (κ1) is 40.8. The van der Waals surface area contributed by atoms with Gasteiger partial charge in [0.25, 0.3) is 0 Å². The molecule has 4 aromatic carbocycles. The first-order valence-corrected chi connectivity index (χ1v) is 14.3. The molecular formula is C24H13BaCl2N3Na2O9S2. The summed E-state index contributed by atoms with van der Waals surface area (Å²) >= 11 is 11.9. The summed E-state index contributed by atoms with van der Waals surface area (Å²) in [6.07, 6.45) is 0. The minimum Gasteiger partial charge on any atom is -0.870 e. The van der Waals surface area contributed by atoms with Gasteiger partial charge in [-0.05, 0) is 48.4 Å². The Bertz CT molecular complexity index is 1960. The number of methoxy groups -OCH3 is 1. The first-order valence-electron chi connectivity index (χ1n) is 10.7. The summed E-state index contributed by atoms with van der Waals surface area (Å²) in [6.45, 7) is 0. The molecule has 0 bridgehead atoms. The van der Waals surface area contributed by atoms with Crippen molar-refractivity contribution in [1.29, 1.82) is 0 Å². The van der Waals surface area contributed by atoms with Gasteiger partial charge in [0.1, 0.15) is 31.7 Å². The van der Waals surface area contributed by atoms with Gasteiger partial charge in [0.15, 0.2) is 0 Å². The zero-order valence-electron chi connectivity index (χ0n) is 22.6. The molecule has 0 amide bonds. The molecule has 0 saturated carbocycles. The Kier molecular flexibility index (Phi) is 15.7. The van der Waals surface area contributed by atoms with E-state index in [1.165, 1.54) is 43.5 Å². The van der Waals surface area contributed by atoms with Crippen LogP contribution in [-0.4, -0.2) is 87.8 Å². The number of ether oxygens (including phenoxy) is 1. The molecule has 0 fully saturated rings. The molecule has 208 valence electrons. The topological polar surface area (TPSA) is 207 Å². The number of fused-ring (bicyclic) bond motifs is 1. The molecule has 19 heteroatoms. The summed E-state index contributed by atoms with van der Waals surface area (Å²) in [6, 6.07) is 12.0. The minimum absolute atomic E-state index is 0. The van der Waals surface area contributed by atoms with E-state index in [0.29, 0.717) is 6.07 Å². The maximum Gasteiger partial charge on any atom is 2.00 e. The predicted molar refractivity (Wildman–Crippen MR) is 145 cm³/mol. The Morgan fingerprint density at radius 2 is 1.47 bits per heavy atom. The molecular weight excluding hydrogens is 793 g/mol. The van der Waals surface area contributed by atoms with Crippen LogP contribution in [0.15, 0.2) is 85.7 Å². The Balaban J connectivity index is 0.00000308. The van der Waals surface area contributed by atoms with E-state index in [2.05, 4.69) is 15.2 Å². The van der Waals surface area contributed by atoms with E-state index in [1.807, 2.05) is 0 Å². The number of hydrogen-bond donors (Lipinski definition) is 0. The van der Waals surface area contributed by atoms with Crippen molar-refractivity contribution in [1.82, 2.24) is 0 Å². The quantitative estimate of drug-likeness (QED) is 0.0637. The Labute approximate surface area is 340 Å². The molecule has 0 atom stereocenters. The van der Waals surface area contributed by atoms with Crippen LogP contribution in [-0.2, 0) is 20.2 Å². The van der Waals surface area contributed by atoms with Crippen LogP contribution < -0.4 is 74.1 Å². The molecule has 0 aliphatic heterocycles. The molecule has 0 spiro atoms. The van der Waals surface area contributed by atoms with Crippen LogP contribution in [0, 0.1) is 0 Å². The fourth-order valence-electron chi connectivity index (χ4n) is 3.65. The van der Waals surface area contributed by atoms with E-state index in [0.717, 1.165) is 12.1 Å².